The average molecular weight is 352 g/mol. The molecule has 2 aliphatic heterocycles. The summed E-state index contributed by atoms with van der Waals surface area (Å²) in [6, 6.07) is 11.2. The van der Waals surface area contributed by atoms with Crippen LogP contribution in [0.3, 0.4) is 0 Å². The number of carbonyl (C=O) groups is 2. The number of hydrogen-bond acceptors (Lipinski definition) is 4. The largest absolute Gasteiger partial charge is 0.454 e. The predicted octanol–water partition coefficient (Wildman–Crippen LogP) is 3.02. The molecule has 6 nitrogen and oxygen atoms in total. The van der Waals surface area contributed by atoms with Crippen LogP contribution in [0.1, 0.15) is 17.5 Å². The fraction of sp³-hybridized carbons (Fsp3) is 0.300. The van der Waals surface area contributed by atoms with Crippen LogP contribution in [0.15, 0.2) is 36.4 Å². The van der Waals surface area contributed by atoms with Gasteiger partial charge in [-0.25, -0.2) is 0 Å². The molecule has 2 aromatic rings. The van der Waals surface area contributed by atoms with Crippen LogP contribution in [0.4, 0.5) is 11.4 Å². The summed E-state index contributed by atoms with van der Waals surface area (Å²) >= 11 is 0. The van der Waals surface area contributed by atoms with Gasteiger partial charge in [0.25, 0.3) is 0 Å². The zero-order chi connectivity index (χ0) is 18.3. The molecule has 2 aliphatic rings. The van der Waals surface area contributed by atoms with E-state index in [0.717, 1.165) is 16.8 Å². The second kappa shape index (κ2) is 6.37. The van der Waals surface area contributed by atoms with Crippen LogP contribution in [0.25, 0.3) is 0 Å². The maximum Gasteiger partial charge on any atom is 0.231 e. The zero-order valence-electron chi connectivity index (χ0n) is 14.7. The third kappa shape index (κ3) is 2.98. The van der Waals surface area contributed by atoms with E-state index in [-0.39, 0.29) is 30.9 Å². The molecule has 26 heavy (non-hydrogen) atoms. The molecule has 1 saturated heterocycles. The first-order valence-electron chi connectivity index (χ1n) is 8.59. The molecule has 1 N–H and O–H groups in total. The number of ether oxygens (including phenoxy) is 2. The minimum absolute atomic E-state index is 0.0252. The molecule has 0 bridgehead atoms. The maximum absolute atomic E-state index is 12.6. The molecule has 2 aromatic carbocycles. The molecule has 0 radical (unpaired) electrons. The smallest absolute Gasteiger partial charge is 0.231 e. The van der Waals surface area contributed by atoms with Gasteiger partial charge in [-0.1, -0.05) is 17.7 Å². The monoisotopic (exact) mass is 352 g/mol. The number of fused-ring (bicyclic) bond motifs is 1. The summed E-state index contributed by atoms with van der Waals surface area (Å²) in [5, 5.41) is 2.88. The normalized spacial score (nSPS) is 18.3. The quantitative estimate of drug-likeness (QED) is 0.922. The van der Waals surface area contributed by atoms with Gasteiger partial charge in [0.2, 0.25) is 18.6 Å². The standard InChI is InChI=1S/C20H20N2O4/c1-12-3-5-16(13(2)7-12)22-10-14(8-19(22)23)20(24)21-15-4-6-17-18(9-15)26-11-25-17/h3-7,9,14H,8,10-11H2,1-2H3,(H,21,24). The van der Waals surface area contributed by atoms with Crippen molar-refractivity contribution in [3.05, 3.63) is 47.5 Å². The number of anilines is 2. The highest BCUT2D eigenvalue weighted by atomic mass is 16.7. The number of benzene rings is 2. The van der Waals surface area contributed by atoms with Crippen molar-refractivity contribution in [3.63, 3.8) is 0 Å². The highest BCUT2D eigenvalue weighted by Gasteiger charge is 2.35. The van der Waals surface area contributed by atoms with Crippen molar-refractivity contribution in [2.75, 3.05) is 23.6 Å². The molecule has 2 amide bonds. The summed E-state index contributed by atoms with van der Waals surface area (Å²) in [7, 11) is 0. The Bertz CT molecular complexity index is 893. The Balaban J connectivity index is 1.47. The molecule has 134 valence electrons. The average Bonchev–Trinajstić information content (AvgIpc) is 3.21. The van der Waals surface area contributed by atoms with Crippen molar-refractivity contribution in [3.8, 4) is 11.5 Å². The Morgan fingerprint density at radius 3 is 2.73 bits per heavy atom. The third-order valence-electron chi connectivity index (χ3n) is 4.78. The number of hydrogen-bond donors (Lipinski definition) is 1. The minimum Gasteiger partial charge on any atom is -0.454 e. The van der Waals surface area contributed by atoms with Crippen LogP contribution in [0, 0.1) is 19.8 Å². The Kier molecular flexibility index (Phi) is 4.03. The van der Waals surface area contributed by atoms with E-state index in [9.17, 15) is 9.59 Å². The van der Waals surface area contributed by atoms with E-state index >= 15 is 0 Å². The number of amides is 2. The lowest BCUT2D eigenvalue weighted by Crippen LogP contribution is -2.28. The zero-order valence-corrected chi connectivity index (χ0v) is 14.7. The van der Waals surface area contributed by atoms with Crippen LogP contribution < -0.4 is 19.7 Å². The van der Waals surface area contributed by atoms with Crippen LogP contribution in [0.5, 0.6) is 11.5 Å². The number of carbonyl (C=O) groups excluding carboxylic acids is 2. The third-order valence-corrected chi connectivity index (χ3v) is 4.78. The second-order valence-electron chi connectivity index (χ2n) is 6.75. The summed E-state index contributed by atoms with van der Waals surface area (Å²) in [5.41, 5.74) is 3.70. The van der Waals surface area contributed by atoms with Crippen LogP contribution in [0.2, 0.25) is 0 Å². The van der Waals surface area contributed by atoms with E-state index in [2.05, 4.69) is 5.32 Å². The number of rotatable bonds is 3. The fourth-order valence-corrected chi connectivity index (χ4v) is 3.44. The maximum atomic E-state index is 12.6. The summed E-state index contributed by atoms with van der Waals surface area (Å²) in [6.07, 6.45) is 0.212. The first-order valence-corrected chi connectivity index (χ1v) is 8.59. The number of aryl methyl sites for hydroxylation is 2. The molecule has 1 atom stereocenters. The van der Waals surface area contributed by atoms with E-state index < -0.39 is 0 Å². The van der Waals surface area contributed by atoms with Gasteiger partial charge in [-0.2, -0.15) is 0 Å². The van der Waals surface area contributed by atoms with Gasteiger partial charge in [0.05, 0.1) is 5.92 Å². The van der Waals surface area contributed by atoms with Crippen molar-refractivity contribution in [1.29, 1.82) is 0 Å². The SMILES string of the molecule is Cc1ccc(N2CC(C(=O)Nc3ccc4c(c3)OCO4)CC2=O)c(C)c1. The van der Waals surface area contributed by atoms with Gasteiger partial charge in [-0.05, 0) is 37.6 Å². The Morgan fingerprint density at radius 2 is 1.92 bits per heavy atom. The number of nitrogens with zero attached hydrogens (tertiary/aromatic N) is 1. The van der Waals surface area contributed by atoms with Gasteiger partial charge in [0.1, 0.15) is 0 Å². The van der Waals surface area contributed by atoms with Crippen LogP contribution in [-0.4, -0.2) is 25.2 Å². The lowest BCUT2D eigenvalue weighted by Gasteiger charge is -2.19. The van der Waals surface area contributed by atoms with Gasteiger partial charge in [0, 0.05) is 30.4 Å². The summed E-state index contributed by atoms with van der Waals surface area (Å²) in [4.78, 5) is 26.8. The lowest BCUT2D eigenvalue weighted by molar-refractivity contribution is -0.122. The molecule has 0 aromatic heterocycles. The lowest BCUT2D eigenvalue weighted by atomic mass is 10.1. The van der Waals surface area contributed by atoms with Gasteiger partial charge >= 0.3 is 0 Å². The van der Waals surface area contributed by atoms with E-state index in [1.807, 2.05) is 32.0 Å². The molecule has 6 heteroatoms. The van der Waals surface area contributed by atoms with Gasteiger partial charge in [-0.3, -0.25) is 9.59 Å². The van der Waals surface area contributed by atoms with Gasteiger partial charge in [-0.15, -0.1) is 0 Å². The van der Waals surface area contributed by atoms with E-state index in [1.54, 1.807) is 23.1 Å². The van der Waals surface area contributed by atoms with Crippen molar-refractivity contribution in [2.24, 2.45) is 5.92 Å². The predicted molar refractivity (Wildman–Crippen MR) is 97.6 cm³/mol. The van der Waals surface area contributed by atoms with Crippen molar-refractivity contribution in [2.45, 2.75) is 20.3 Å². The van der Waals surface area contributed by atoms with Crippen molar-refractivity contribution < 1.29 is 19.1 Å². The highest BCUT2D eigenvalue weighted by molar-refractivity contribution is 6.04. The Labute approximate surface area is 151 Å². The molecule has 1 unspecified atom stereocenters. The molecule has 0 aliphatic carbocycles. The molecule has 4 rings (SSSR count). The summed E-state index contributed by atoms with van der Waals surface area (Å²) in [6.45, 7) is 4.58. The molecule has 2 heterocycles. The molecule has 1 fully saturated rings. The highest BCUT2D eigenvalue weighted by Crippen LogP contribution is 2.35. The van der Waals surface area contributed by atoms with Crippen molar-refractivity contribution >= 4 is 23.2 Å². The first kappa shape index (κ1) is 16.4. The summed E-state index contributed by atoms with van der Waals surface area (Å²) in [5.74, 6) is 0.711. The van der Waals surface area contributed by atoms with E-state index in [4.69, 9.17) is 9.47 Å². The molecular weight excluding hydrogens is 332 g/mol. The molecular formula is C20H20N2O4. The Hall–Kier alpha value is -3.02. The van der Waals surface area contributed by atoms with Gasteiger partial charge in [0.15, 0.2) is 11.5 Å². The topological polar surface area (TPSA) is 67.9 Å². The Morgan fingerprint density at radius 1 is 1.12 bits per heavy atom. The van der Waals surface area contributed by atoms with Crippen LogP contribution >= 0.6 is 0 Å². The first-order chi connectivity index (χ1) is 12.5. The molecule has 0 spiro atoms. The van der Waals surface area contributed by atoms with Gasteiger partial charge < -0.3 is 19.7 Å². The molecule has 0 saturated carbocycles. The van der Waals surface area contributed by atoms with E-state index in [0.29, 0.717) is 23.7 Å². The number of nitrogens with one attached hydrogen (secondary N) is 1. The fourth-order valence-electron chi connectivity index (χ4n) is 3.44. The second-order valence-corrected chi connectivity index (χ2v) is 6.75. The van der Waals surface area contributed by atoms with Crippen LogP contribution in [-0.2, 0) is 9.59 Å². The minimum atomic E-state index is -0.381. The van der Waals surface area contributed by atoms with E-state index in [1.165, 1.54) is 0 Å². The summed E-state index contributed by atoms with van der Waals surface area (Å²) < 4.78 is 10.6. The van der Waals surface area contributed by atoms with Crippen molar-refractivity contribution in [1.82, 2.24) is 0 Å².